The lowest BCUT2D eigenvalue weighted by atomic mass is 10.4. The van der Waals surface area contributed by atoms with Gasteiger partial charge in [-0.3, -0.25) is 0 Å². The molecule has 2 heterocycles. The Morgan fingerprint density at radius 1 is 1.05 bits per heavy atom. The Labute approximate surface area is 123 Å². The lowest BCUT2D eigenvalue weighted by Crippen LogP contribution is -2.07. The molecule has 2 rings (SSSR count). The van der Waals surface area contributed by atoms with Crippen molar-refractivity contribution in [2.45, 2.75) is 40.2 Å². The smallest absolute Gasteiger partial charge is 0.132 e. The minimum atomic E-state index is 0.705. The van der Waals surface area contributed by atoms with Gasteiger partial charge in [0.2, 0.25) is 0 Å². The van der Waals surface area contributed by atoms with E-state index in [1.807, 2.05) is 12.3 Å². The van der Waals surface area contributed by atoms with E-state index in [0.29, 0.717) is 6.54 Å². The van der Waals surface area contributed by atoms with Gasteiger partial charge >= 0.3 is 0 Å². The summed E-state index contributed by atoms with van der Waals surface area (Å²) >= 11 is 1.74. The second-order valence-electron chi connectivity index (χ2n) is 4.37. The molecule has 6 heteroatoms. The summed E-state index contributed by atoms with van der Waals surface area (Å²) in [6.45, 7) is 7.82. The van der Waals surface area contributed by atoms with Crippen molar-refractivity contribution in [1.82, 2.24) is 15.0 Å². The van der Waals surface area contributed by atoms with Crippen LogP contribution in [0, 0.1) is 0 Å². The first-order valence-electron chi connectivity index (χ1n) is 7.04. The maximum absolute atomic E-state index is 4.49. The molecule has 0 spiro atoms. The van der Waals surface area contributed by atoms with E-state index in [1.165, 1.54) is 4.88 Å². The van der Waals surface area contributed by atoms with E-state index in [1.54, 1.807) is 11.3 Å². The summed E-state index contributed by atoms with van der Waals surface area (Å²) < 4.78 is 0. The van der Waals surface area contributed by atoms with Crippen LogP contribution < -0.4 is 10.6 Å². The highest BCUT2D eigenvalue weighted by molar-refractivity contribution is 7.11. The highest BCUT2D eigenvalue weighted by atomic mass is 32.1. The third kappa shape index (κ3) is 3.90. The van der Waals surface area contributed by atoms with Crippen LogP contribution in [-0.2, 0) is 19.4 Å². The van der Waals surface area contributed by atoms with Crippen LogP contribution in [0.1, 0.15) is 36.5 Å². The summed E-state index contributed by atoms with van der Waals surface area (Å²) in [5.74, 6) is 2.57. The van der Waals surface area contributed by atoms with Crippen molar-refractivity contribution in [3.05, 3.63) is 28.0 Å². The number of nitrogens with one attached hydrogen (secondary N) is 2. The highest BCUT2D eigenvalue weighted by Crippen LogP contribution is 2.16. The summed E-state index contributed by atoms with van der Waals surface area (Å²) in [4.78, 5) is 14.6. The Balaban J connectivity index is 2.05. The third-order valence-corrected chi connectivity index (χ3v) is 3.96. The molecule has 20 heavy (non-hydrogen) atoms. The van der Waals surface area contributed by atoms with Crippen molar-refractivity contribution in [2.24, 2.45) is 0 Å². The summed E-state index contributed by atoms with van der Waals surface area (Å²) in [6.07, 6.45) is 3.81. The molecule has 0 fully saturated rings. The largest absolute Gasteiger partial charge is 0.370 e. The van der Waals surface area contributed by atoms with Crippen LogP contribution >= 0.6 is 11.3 Å². The number of rotatable bonds is 7. The zero-order chi connectivity index (χ0) is 14.4. The molecule has 0 saturated carbocycles. The van der Waals surface area contributed by atoms with Gasteiger partial charge in [0.15, 0.2) is 0 Å². The second-order valence-corrected chi connectivity index (χ2v) is 5.57. The minimum absolute atomic E-state index is 0.705. The van der Waals surface area contributed by atoms with Gasteiger partial charge in [-0.1, -0.05) is 13.8 Å². The number of thiazole rings is 1. The van der Waals surface area contributed by atoms with Crippen LogP contribution in [-0.4, -0.2) is 21.5 Å². The Hall–Kier alpha value is -1.69. The fourth-order valence-corrected chi connectivity index (χ4v) is 2.58. The number of nitrogens with zero attached hydrogens (tertiary/aromatic N) is 3. The predicted molar refractivity (Wildman–Crippen MR) is 84.4 cm³/mol. The first-order valence-corrected chi connectivity index (χ1v) is 7.86. The van der Waals surface area contributed by atoms with E-state index in [0.717, 1.165) is 41.9 Å². The Morgan fingerprint density at radius 2 is 1.80 bits per heavy atom. The van der Waals surface area contributed by atoms with Crippen molar-refractivity contribution in [2.75, 3.05) is 17.2 Å². The molecule has 0 atom stereocenters. The number of aromatic nitrogens is 3. The fraction of sp³-hybridized carbons (Fsp3) is 0.500. The van der Waals surface area contributed by atoms with Gasteiger partial charge in [0, 0.05) is 30.1 Å². The van der Waals surface area contributed by atoms with Crippen LogP contribution in [0.3, 0.4) is 0 Å². The zero-order valence-electron chi connectivity index (χ0n) is 12.2. The van der Waals surface area contributed by atoms with E-state index in [9.17, 15) is 0 Å². The lowest BCUT2D eigenvalue weighted by Gasteiger charge is -2.09. The molecule has 2 aromatic rings. The van der Waals surface area contributed by atoms with Crippen molar-refractivity contribution in [1.29, 1.82) is 0 Å². The second kappa shape index (κ2) is 7.19. The number of anilines is 2. The van der Waals surface area contributed by atoms with Crippen LogP contribution in [0.15, 0.2) is 12.3 Å². The topological polar surface area (TPSA) is 62.7 Å². The molecule has 5 nitrogen and oxygen atoms in total. The molecule has 0 unspecified atom stereocenters. The van der Waals surface area contributed by atoms with Gasteiger partial charge in [-0.15, -0.1) is 11.3 Å². The molecule has 0 radical (unpaired) electrons. The van der Waals surface area contributed by atoms with Gasteiger partial charge in [-0.2, -0.15) is 0 Å². The Kier molecular flexibility index (Phi) is 5.29. The molecular formula is C14H21N5S. The fourth-order valence-electron chi connectivity index (χ4n) is 1.78. The van der Waals surface area contributed by atoms with Crippen molar-refractivity contribution < 1.29 is 0 Å². The van der Waals surface area contributed by atoms with E-state index in [4.69, 9.17) is 0 Å². The van der Waals surface area contributed by atoms with Crippen molar-refractivity contribution in [3.63, 3.8) is 0 Å². The van der Waals surface area contributed by atoms with E-state index in [2.05, 4.69) is 46.4 Å². The molecule has 2 aromatic heterocycles. The van der Waals surface area contributed by atoms with Crippen LogP contribution in [0.2, 0.25) is 0 Å². The Morgan fingerprint density at radius 3 is 2.40 bits per heavy atom. The van der Waals surface area contributed by atoms with E-state index in [-0.39, 0.29) is 0 Å². The first-order chi connectivity index (χ1) is 9.75. The van der Waals surface area contributed by atoms with Gasteiger partial charge in [0.1, 0.15) is 22.5 Å². The van der Waals surface area contributed by atoms with Gasteiger partial charge in [0.25, 0.3) is 0 Å². The highest BCUT2D eigenvalue weighted by Gasteiger charge is 2.05. The van der Waals surface area contributed by atoms with Gasteiger partial charge in [0.05, 0.1) is 6.54 Å². The summed E-state index contributed by atoms with van der Waals surface area (Å²) in [7, 11) is 0. The van der Waals surface area contributed by atoms with Crippen molar-refractivity contribution >= 4 is 23.0 Å². The standard InChI is InChI=1S/C14H21N5S/c1-4-10-8-17-14(20-10)9-16-13-7-12(15-6-3)18-11(5-2)19-13/h7-8H,4-6,9H2,1-3H3,(H2,15,16,18,19). The SMILES string of the molecule is CCNc1cc(NCc2ncc(CC)s2)nc(CC)n1. The average molecular weight is 291 g/mol. The Bertz CT molecular complexity index is 552. The monoisotopic (exact) mass is 291 g/mol. The molecule has 0 amide bonds. The van der Waals surface area contributed by atoms with E-state index >= 15 is 0 Å². The molecule has 0 aliphatic carbocycles. The molecule has 0 aliphatic heterocycles. The molecule has 0 saturated heterocycles. The quantitative estimate of drug-likeness (QED) is 0.820. The minimum Gasteiger partial charge on any atom is -0.370 e. The molecular weight excluding hydrogens is 270 g/mol. The average Bonchev–Trinajstić information content (AvgIpc) is 2.93. The van der Waals surface area contributed by atoms with Gasteiger partial charge < -0.3 is 10.6 Å². The van der Waals surface area contributed by atoms with Crippen molar-refractivity contribution in [3.8, 4) is 0 Å². The predicted octanol–water partition coefficient (Wildman–Crippen LogP) is 3.10. The normalized spacial score (nSPS) is 10.6. The zero-order valence-corrected chi connectivity index (χ0v) is 13.0. The summed E-state index contributed by atoms with van der Waals surface area (Å²) in [5.41, 5.74) is 0. The number of hydrogen-bond donors (Lipinski definition) is 2. The molecule has 0 aromatic carbocycles. The summed E-state index contributed by atoms with van der Waals surface area (Å²) in [5, 5.41) is 7.65. The molecule has 0 bridgehead atoms. The maximum Gasteiger partial charge on any atom is 0.132 e. The van der Waals surface area contributed by atoms with Gasteiger partial charge in [-0.05, 0) is 13.3 Å². The van der Waals surface area contributed by atoms with Crippen LogP contribution in [0.25, 0.3) is 0 Å². The number of hydrogen-bond acceptors (Lipinski definition) is 6. The lowest BCUT2D eigenvalue weighted by molar-refractivity contribution is 0.928. The first kappa shape index (κ1) is 14.7. The van der Waals surface area contributed by atoms with Gasteiger partial charge in [-0.25, -0.2) is 15.0 Å². The maximum atomic E-state index is 4.49. The summed E-state index contributed by atoms with van der Waals surface area (Å²) in [6, 6.07) is 1.94. The number of aryl methyl sites for hydroxylation is 2. The van der Waals surface area contributed by atoms with E-state index < -0.39 is 0 Å². The molecule has 2 N–H and O–H groups in total. The molecule has 0 aliphatic rings. The van der Waals surface area contributed by atoms with Crippen LogP contribution in [0.4, 0.5) is 11.6 Å². The third-order valence-electron chi connectivity index (χ3n) is 2.82. The molecule has 108 valence electrons. The van der Waals surface area contributed by atoms with Crippen LogP contribution in [0.5, 0.6) is 0 Å².